The van der Waals surface area contributed by atoms with E-state index >= 15 is 0 Å². The van der Waals surface area contributed by atoms with Crippen LogP contribution in [0.2, 0.25) is 0 Å². The summed E-state index contributed by atoms with van der Waals surface area (Å²) in [6, 6.07) is 3.74. The molecule has 0 unspecified atom stereocenters. The minimum Gasteiger partial charge on any atom is -0.465 e. The first-order chi connectivity index (χ1) is 10.2. The van der Waals surface area contributed by atoms with Crippen molar-refractivity contribution in [3.05, 3.63) is 23.4 Å². The Morgan fingerprint density at radius 2 is 2.14 bits per heavy atom. The van der Waals surface area contributed by atoms with E-state index in [1.165, 1.54) is 26.4 Å². The number of piperidine rings is 1. The highest BCUT2D eigenvalue weighted by Crippen LogP contribution is 2.24. The van der Waals surface area contributed by atoms with E-state index in [0.717, 1.165) is 37.1 Å². The minimum atomic E-state index is -0.322. The number of anilines is 1. The molecule has 1 aliphatic rings. The zero-order chi connectivity index (χ0) is 15.2. The molecule has 2 rings (SSSR count). The molecule has 5 nitrogen and oxygen atoms in total. The van der Waals surface area contributed by atoms with Gasteiger partial charge in [-0.15, -0.1) is 0 Å². The summed E-state index contributed by atoms with van der Waals surface area (Å²) in [6.07, 6.45) is 3.67. The fourth-order valence-corrected chi connectivity index (χ4v) is 2.85. The first-order valence-corrected chi connectivity index (χ1v) is 7.61. The second-order valence-corrected chi connectivity index (χ2v) is 5.62. The topological polar surface area (TPSA) is 54.5 Å². The first kappa shape index (κ1) is 15.8. The Labute approximate surface area is 126 Å². The van der Waals surface area contributed by atoms with Gasteiger partial charge in [0.05, 0.1) is 18.4 Å². The molecule has 1 N–H and O–H groups in total. The number of ether oxygens (including phenoxy) is 1. The Morgan fingerprint density at radius 3 is 2.71 bits per heavy atom. The monoisotopic (exact) mass is 291 g/mol. The van der Waals surface area contributed by atoms with Crippen molar-refractivity contribution in [3.8, 4) is 0 Å². The predicted octanol–water partition coefficient (Wildman–Crippen LogP) is 2.00. The van der Waals surface area contributed by atoms with Crippen LogP contribution in [0.5, 0.6) is 0 Å². The molecule has 21 heavy (non-hydrogen) atoms. The number of esters is 1. The summed E-state index contributed by atoms with van der Waals surface area (Å²) in [4.78, 5) is 18.5. The Balaban J connectivity index is 1.97. The lowest BCUT2D eigenvalue weighted by Gasteiger charge is -2.33. The van der Waals surface area contributed by atoms with E-state index in [0.29, 0.717) is 5.56 Å². The van der Waals surface area contributed by atoms with Crippen LogP contribution in [-0.4, -0.2) is 44.7 Å². The quantitative estimate of drug-likeness (QED) is 0.841. The average Bonchev–Trinajstić information content (AvgIpc) is 2.52. The Bertz CT molecular complexity index is 482. The van der Waals surface area contributed by atoms with Crippen LogP contribution in [0.4, 0.5) is 5.82 Å². The lowest BCUT2D eigenvalue weighted by Crippen LogP contribution is -2.35. The van der Waals surface area contributed by atoms with Crippen molar-refractivity contribution in [2.75, 3.05) is 38.7 Å². The van der Waals surface area contributed by atoms with Crippen LogP contribution in [0.1, 0.15) is 35.3 Å². The van der Waals surface area contributed by atoms with Crippen LogP contribution in [-0.2, 0) is 4.74 Å². The molecule has 1 saturated heterocycles. The fourth-order valence-electron chi connectivity index (χ4n) is 2.85. The number of aromatic nitrogens is 1. The molecule has 1 fully saturated rings. The van der Waals surface area contributed by atoms with Crippen LogP contribution in [0.15, 0.2) is 12.1 Å². The third-order valence-corrected chi connectivity index (χ3v) is 4.22. The standard InChI is InChI=1S/C16H25N3O2/c1-12-14(16(20)21-3)4-5-15(18-12)19-10-7-13(8-11-19)6-9-17-2/h4-5,13,17H,6-11H2,1-3H3. The first-order valence-electron chi connectivity index (χ1n) is 7.61. The fraction of sp³-hybridized carbons (Fsp3) is 0.625. The van der Waals surface area contributed by atoms with Gasteiger partial charge in [-0.1, -0.05) is 0 Å². The van der Waals surface area contributed by atoms with E-state index in [9.17, 15) is 4.79 Å². The van der Waals surface area contributed by atoms with E-state index in [1.807, 2.05) is 26.1 Å². The van der Waals surface area contributed by atoms with Gasteiger partial charge in [0.2, 0.25) is 0 Å². The molecule has 0 aromatic carbocycles. The van der Waals surface area contributed by atoms with E-state index in [1.54, 1.807) is 0 Å². The van der Waals surface area contributed by atoms with Crippen molar-refractivity contribution in [2.24, 2.45) is 5.92 Å². The Morgan fingerprint density at radius 1 is 1.43 bits per heavy atom. The number of nitrogens with zero attached hydrogens (tertiary/aromatic N) is 2. The molecule has 0 atom stereocenters. The highest BCUT2D eigenvalue weighted by Gasteiger charge is 2.20. The number of hydrogen-bond acceptors (Lipinski definition) is 5. The molecule has 0 radical (unpaired) electrons. The number of carbonyl (C=O) groups excluding carboxylic acids is 1. The van der Waals surface area contributed by atoms with Crippen molar-refractivity contribution in [2.45, 2.75) is 26.2 Å². The van der Waals surface area contributed by atoms with Crippen LogP contribution >= 0.6 is 0 Å². The predicted molar refractivity (Wildman–Crippen MR) is 83.8 cm³/mol. The van der Waals surface area contributed by atoms with Gasteiger partial charge < -0.3 is 15.0 Å². The number of methoxy groups -OCH3 is 1. The smallest absolute Gasteiger partial charge is 0.339 e. The van der Waals surface area contributed by atoms with Crippen molar-refractivity contribution in [1.29, 1.82) is 0 Å². The maximum atomic E-state index is 11.6. The molecule has 1 aromatic rings. The normalized spacial score (nSPS) is 16.0. The van der Waals surface area contributed by atoms with Gasteiger partial charge in [-0.2, -0.15) is 0 Å². The molecule has 0 spiro atoms. The highest BCUT2D eigenvalue weighted by atomic mass is 16.5. The molecule has 1 aromatic heterocycles. The van der Waals surface area contributed by atoms with Gasteiger partial charge in [0.15, 0.2) is 0 Å². The van der Waals surface area contributed by atoms with Crippen molar-refractivity contribution >= 4 is 11.8 Å². The number of nitrogens with one attached hydrogen (secondary N) is 1. The Hall–Kier alpha value is -1.62. The molecule has 116 valence electrons. The summed E-state index contributed by atoms with van der Waals surface area (Å²) in [5.41, 5.74) is 1.28. The zero-order valence-electron chi connectivity index (χ0n) is 13.2. The van der Waals surface area contributed by atoms with Crippen molar-refractivity contribution in [3.63, 3.8) is 0 Å². The van der Waals surface area contributed by atoms with E-state index in [2.05, 4.69) is 15.2 Å². The van der Waals surface area contributed by atoms with Crippen molar-refractivity contribution in [1.82, 2.24) is 10.3 Å². The number of pyridine rings is 1. The number of hydrogen-bond donors (Lipinski definition) is 1. The second kappa shape index (κ2) is 7.41. The average molecular weight is 291 g/mol. The lowest BCUT2D eigenvalue weighted by atomic mass is 9.93. The summed E-state index contributed by atoms with van der Waals surface area (Å²) in [5.74, 6) is 1.45. The zero-order valence-corrected chi connectivity index (χ0v) is 13.2. The number of carbonyl (C=O) groups is 1. The van der Waals surface area contributed by atoms with E-state index in [4.69, 9.17) is 4.74 Å². The van der Waals surface area contributed by atoms with Gasteiger partial charge in [-0.05, 0) is 57.8 Å². The molecule has 0 amide bonds. The SMILES string of the molecule is CNCCC1CCN(c2ccc(C(=O)OC)c(C)n2)CC1. The Kier molecular flexibility index (Phi) is 5.56. The van der Waals surface area contributed by atoms with Crippen LogP contribution < -0.4 is 10.2 Å². The number of rotatable bonds is 5. The maximum absolute atomic E-state index is 11.6. The summed E-state index contributed by atoms with van der Waals surface area (Å²) < 4.78 is 4.76. The summed E-state index contributed by atoms with van der Waals surface area (Å²) in [7, 11) is 3.40. The molecule has 5 heteroatoms. The van der Waals surface area contributed by atoms with E-state index < -0.39 is 0 Å². The van der Waals surface area contributed by atoms with Gasteiger partial charge in [-0.3, -0.25) is 0 Å². The molecule has 0 saturated carbocycles. The van der Waals surface area contributed by atoms with Gasteiger partial charge in [0.1, 0.15) is 5.82 Å². The van der Waals surface area contributed by atoms with Crippen molar-refractivity contribution < 1.29 is 9.53 Å². The third-order valence-electron chi connectivity index (χ3n) is 4.22. The molecule has 1 aliphatic heterocycles. The van der Waals surface area contributed by atoms with Gasteiger partial charge in [0, 0.05) is 13.1 Å². The largest absolute Gasteiger partial charge is 0.465 e. The lowest BCUT2D eigenvalue weighted by molar-refractivity contribution is 0.0599. The minimum absolute atomic E-state index is 0.322. The third kappa shape index (κ3) is 3.94. The summed E-state index contributed by atoms with van der Waals surface area (Å²) in [5, 5.41) is 3.22. The highest BCUT2D eigenvalue weighted by molar-refractivity contribution is 5.90. The second-order valence-electron chi connectivity index (χ2n) is 5.62. The van der Waals surface area contributed by atoms with Crippen LogP contribution in [0.3, 0.4) is 0 Å². The molecular formula is C16H25N3O2. The summed E-state index contributed by atoms with van der Waals surface area (Å²) in [6.45, 7) is 5.03. The van der Waals surface area contributed by atoms with E-state index in [-0.39, 0.29) is 5.97 Å². The molecule has 2 heterocycles. The molecule has 0 bridgehead atoms. The van der Waals surface area contributed by atoms with Crippen LogP contribution in [0, 0.1) is 12.8 Å². The van der Waals surface area contributed by atoms with Gasteiger partial charge in [-0.25, -0.2) is 9.78 Å². The van der Waals surface area contributed by atoms with Gasteiger partial charge >= 0.3 is 5.97 Å². The maximum Gasteiger partial charge on any atom is 0.339 e. The number of aryl methyl sites for hydroxylation is 1. The summed E-state index contributed by atoms with van der Waals surface area (Å²) >= 11 is 0. The van der Waals surface area contributed by atoms with Crippen LogP contribution in [0.25, 0.3) is 0 Å². The van der Waals surface area contributed by atoms with Gasteiger partial charge in [0.25, 0.3) is 0 Å². The molecular weight excluding hydrogens is 266 g/mol. The molecule has 0 aliphatic carbocycles.